The molecule has 5 nitrogen and oxygen atoms in total. The second kappa shape index (κ2) is 10.5. The van der Waals surface area contributed by atoms with Gasteiger partial charge in [0.25, 0.3) is 0 Å². The van der Waals surface area contributed by atoms with E-state index in [0.717, 1.165) is 11.3 Å². The van der Waals surface area contributed by atoms with E-state index in [-0.39, 0.29) is 5.82 Å². The third-order valence-electron chi connectivity index (χ3n) is 5.13. The van der Waals surface area contributed by atoms with Gasteiger partial charge in [-0.05, 0) is 56.0 Å². The standard InChI is InChI=1S/C13H10FNO.C11H17N3/c1-9-4-2-6-11(14)13(9)12-7-3-5-10(8-16)15-12;1-12-10-9-13-6-5-11(10)14-7-3-2-4-8-14/h2-8H,1H3;5-6,9,12H,2-4,7-8H2,1H3. The van der Waals surface area contributed by atoms with Gasteiger partial charge in [0.15, 0.2) is 6.29 Å². The first kappa shape index (κ1) is 21.4. The molecule has 0 aliphatic carbocycles. The molecule has 0 radical (unpaired) electrons. The maximum Gasteiger partial charge on any atom is 0.168 e. The van der Waals surface area contributed by atoms with E-state index in [9.17, 15) is 9.18 Å². The van der Waals surface area contributed by atoms with Crippen molar-refractivity contribution in [2.24, 2.45) is 0 Å². The van der Waals surface area contributed by atoms with Crippen molar-refractivity contribution in [1.82, 2.24) is 9.97 Å². The van der Waals surface area contributed by atoms with E-state index in [1.165, 1.54) is 44.1 Å². The Hall–Kier alpha value is -3.28. The van der Waals surface area contributed by atoms with E-state index < -0.39 is 0 Å². The molecule has 2 aromatic heterocycles. The molecule has 0 atom stereocenters. The van der Waals surface area contributed by atoms with E-state index in [1.54, 1.807) is 24.3 Å². The molecule has 0 unspecified atom stereocenters. The Morgan fingerprint density at radius 1 is 1.07 bits per heavy atom. The van der Waals surface area contributed by atoms with E-state index >= 15 is 0 Å². The molecule has 1 fully saturated rings. The first-order chi connectivity index (χ1) is 14.6. The Bertz CT molecular complexity index is 966. The van der Waals surface area contributed by atoms with Gasteiger partial charge in [0.05, 0.1) is 23.3 Å². The molecule has 0 amide bonds. The molecule has 0 saturated carbocycles. The van der Waals surface area contributed by atoms with Crippen molar-refractivity contribution in [2.75, 3.05) is 30.4 Å². The topological polar surface area (TPSA) is 58.1 Å². The molecular weight excluding hydrogens is 379 g/mol. The molecule has 4 rings (SSSR count). The Labute approximate surface area is 177 Å². The maximum absolute atomic E-state index is 13.6. The van der Waals surface area contributed by atoms with E-state index in [2.05, 4.69) is 26.3 Å². The fraction of sp³-hybridized carbons (Fsp3) is 0.292. The monoisotopic (exact) mass is 406 g/mol. The highest BCUT2D eigenvalue weighted by Crippen LogP contribution is 2.27. The number of halogens is 1. The third-order valence-corrected chi connectivity index (χ3v) is 5.13. The zero-order chi connectivity index (χ0) is 21.3. The van der Waals surface area contributed by atoms with E-state index in [1.807, 2.05) is 32.4 Å². The maximum atomic E-state index is 13.6. The quantitative estimate of drug-likeness (QED) is 0.609. The zero-order valence-corrected chi connectivity index (χ0v) is 17.4. The van der Waals surface area contributed by atoms with Gasteiger partial charge in [0, 0.05) is 31.9 Å². The molecule has 1 N–H and O–H groups in total. The van der Waals surface area contributed by atoms with Crippen LogP contribution >= 0.6 is 0 Å². The molecule has 3 heterocycles. The van der Waals surface area contributed by atoms with Crippen LogP contribution in [0.4, 0.5) is 15.8 Å². The number of pyridine rings is 2. The largest absolute Gasteiger partial charge is 0.385 e. The lowest BCUT2D eigenvalue weighted by Gasteiger charge is -2.30. The van der Waals surface area contributed by atoms with Gasteiger partial charge in [-0.2, -0.15) is 0 Å². The molecule has 0 bridgehead atoms. The van der Waals surface area contributed by atoms with Crippen molar-refractivity contribution in [2.45, 2.75) is 26.2 Å². The fourth-order valence-corrected chi connectivity index (χ4v) is 3.60. The van der Waals surface area contributed by atoms with E-state index in [0.29, 0.717) is 23.2 Å². The minimum Gasteiger partial charge on any atom is -0.385 e. The van der Waals surface area contributed by atoms with Gasteiger partial charge in [-0.15, -0.1) is 0 Å². The smallest absolute Gasteiger partial charge is 0.168 e. The summed E-state index contributed by atoms with van der Waals surface area (Å²) in [5.74, 6) is -0.324. The molecule has 1 aliphatic heterocycles. The predicted octanol–water partition coefficient (Wildman–Crippen LogP) is 5.12. The SMILES string of the molecule is CNc1cnccc1N1CCCCC1.Cc1cccc(F)c1-c1cccc(C=O)n1. The summed E-state index contributed by atoms with van der Waals surface area (Å²) in [7, 11) is 1.95. The average Bonchev–Trinajstić information content (AvgIpc) is 2.80. The molecule has 1 aromatic carbocycles. The Kier molecular flexibility index (Phi) is 7.49. The number of anilines is 2. The minimum atomic E-state index is -0.324. The van der Waals surface area contributed by atoms with Crippen LogP contribution in [0, 0.1) is 12.7 Å². The number of aromatic nitrogens is 2. The van der Waals surface area contributed by atoms with Gasteiger partial charge >= 0.3 is 0 Å². The van der Waals surface area contributed by atoms with Gasteiger partial charge in [-0.1, -0.05) is 18.2 Å². The number of aldehydes is 1. The zero-order valence-electron chi connectivity index (χ0n) is 17.4. The lowest BCUT2D eigenvalue weighted by Crippen LogP contribution is -2.29. The molecule has 0 spiro atoms. The fourth-order valence-electron chi connectivity index (χ4n) is 3.60. The number of carbonyl (C=O) groups excluding carboxylic acids is 1. The van der Waals surface area contributed by atoms with Crippen molar-refractivity contribution in [3.05, 3.63) is 71.9 Å². The molecule has 3 aromatic rings. The molecule has 30 heavy (non-hydrogen) atoms. The third kappa shape index (κ3) is 5.20. The number of hydrogen-bond acceptors (Lipinski definition) is 5. The number of piperidine rings is 1. The number of hydrogen-bond donors (Lipinski definition) is 1. The van der Waals surface area contributed by atoms with Crippen molar-refractivity contribution in [1.29, 1.82) is 0 Å². The highest BCUT2D eigenvalue weighted by atomic mass is 19.1. The van der Waals surface area contributed by atoms with Gasteiger partial charge in [0.2, 0.25) is 0 Å². The van der Waals surface area contributed by atoms with Crippen molar-refractivity contribution >= 4 is 17.7 Å². The Morgan fingerprint density at radius 2 is 1.83 bits per heavy atom. The van der Waals surface area contributed by atoms with Crippen LogP contribution in [0.5, 0.6) is 0 Å². The molecule has 1 aliphatic rings. The van der Waals surface area contributed by atoms with Crippen molar-refractivity contribution in [3.8, 4) is 11.3 Å². The Morgan fingerprint density at radius 3 is 2.53 bits per heavy atom. The summed E-state index contributed by atoms with van der Waals surface area (Å²) >= 11 is 0. The first-order valence-corrected chi connectivity index (χ1v) is 10.2. The predicted molar refractivity (Wildman–Crippen MR) is 120 cm³/mol. The second-order valence-electron chi connectivity index (χ2n) is 7.19. The summed E-state index contributed by atoms with van der Waals surface area (Å²) in [6.07, 6.45) is 8.40. The summed E-state index contributed by atoms with van der Waals surface area (Å²) in [4.78, 5) is 21.2. The second-order valence-corrected chi connectivity index (χ2v) is 7.19. The lowest BCUT2D eigenvalue weighted by molar-refractivity contribution is 0.111. The van der Waals surface area contributed by atoms with Crippen LogP contribution < -0.4 is 10.2 Å². The number of nitrogens with zero attached hydrogens (tertiary/aromatic N) is 3. The van der Waals surface area contributed by atoms with Gasteiger partial charge in [-0.3, -0.25) is 9.78 Å². The highest BCUT2D eigenvalue weighted by Gasteiger charge is 2.13. The Balaban J connectivity index is 0.000000172. The number of rotatable bonds is 4. The first-order valence-electron chi connectivity index (χ1n) is 10.2. The summed E-state index contributed by atoms with van der Waals surface area (Å²) in [5, 5.41) is 3.19. The van der Waals surface area contributed by atoms with Crippen LogP contribution in [-0.2, 0) is 0 Å². The molecule has 156 valence electrons. The summed E-state index contributed by atoms with van der Waals surface area (Å²) in [6.45, 7) is 4.17. The summed E-state index contributed by atoms with van der Waals surface area (Å²) < 4.78 is 13.6. The number of benzene rings is 1. The summed E-state index contributed by atoms with van der Waals surface area (Å²) in [5.41, 5.74) is 4.47. The van der Waals surface area contributed by atoms with Crippen LogP contribution in [0.1, 0.15) is 35.3 Å². The highest BCUT2D eigenvalue weighted by molar-refractivity contribution is 5.74. The molecular formula is C24H27FN4O. The minimum absolute atomic E-state index is 0.306. The normalized spacial score (nSPS) is 13.2. The average molecular weight is 407 g/mol. The number of aryl methyl sites for hydroxylation is 1. The summed E-state index contributed by atoms with van der Waals surface area (Å²) in [6, 6.07) is 11.9. The van der Waals surface area contributed by atoms with E-state index in [4.69, 9.17) is 0 Å². The van der Waals surface area contributed by atoms with Crippen LogP contribution in [0.15, 0.2) is 54.9 Å². The van der Waals surface area contributed by atoms with Crippen LogP contribution in [-0.4, -0.2) is 36.4 Å². The molecule has 1 saturated heterocycles. The van der Waals surface area contributed by atoms with Gasteiger partial charge in [0.1, 0.15) is 11.5 Å². The van der Waals surface area contributed by atoms with Crippen LogP contribution in [0.2, 0.25) is 0 Å². The molecule has 6 heteroatoms. The van der Waals surface area contributed by atoms with Gasteiger partial charge < -0.3 is 10.2 Å². The lowest BCUT2D eigenvalue weighted by atomic mass is 10.0. The van der Waals surface area contributed by atoms with Gasteiger partial charge in [-0.25, -0.2) is 9.37 Å². The number of carbonyl (C=O) groups is 1. The van der Waals surface area contributed by atoms with Crippen molar-refractivity contribution in [3.63, 3.8) is 0 Å². The van der Waals surface area contributed by atoms with Crippen LogP contribution in [0.3, 0.4) is 0 Å². The number of nitrogens with one attached hydrogen (secondary N) is 1. The van der Waals surface area contributed by atoms with Crippen molar-refractivity contribution < 1.29 is 9.18 Å². The van der Waals surface area contributed by atoms with Crippen LogP contribution in [0.25, 0.3) is 11.3 Å².